The van der Waals surface area contributed by atoms with Gasteiger partial charge < -0.3 is 20.1 Å². The summed E-state index contributed by atoms with van der Waals surface area (Å²) in [7, 11) is 0. The smallest absolute Gasteiger partial charge is 0.319 e. The van der Waals surface area contributed by atoms with Crippen LogP contribution in [0.5, 0.6) is 11.8 Å². The van der Waals surface area contributed by atoms with Gasteiger partial charge >= 0.3 is 6.01 Å². The summed E-state index contributed by atoms with van der Waals surface area (Å²) in [5.41, 5.74) is -0.552. The molecule has 0 amide bonds. The van der Waals surface area contributed by atoms with E-state index in [4.69, 9.17) is 16.1 Å². The van der Waals surface area contributed by atoms with E-state index in [1.807, 2.05) is 0 Å². The summed E-state index contributed by atoms with van der Waals surface area (Å²) in [5, 5.41) is 15.5. The summed E-state index contributed by atoms with van der Waals surface area (Å²) < 4.78 is 52.5. The maximum atomic E-state index is 16.9. The second-order valence-electron chi connectivity index (χ2n) is 13.4. The molecule has 8 nitrogen and oxygen atoms in total. The Morgan fingerprint density at radius 2 is 2.07 bits per heavy atom. The van der Waals surface area contributed by atoms with E-state index < -0.39 is 23.3 Å². The van der Waals surface area contributed by atoms with E-state index in [1.54, 1.807) is 0 Å². The minimum absolute atomic E-state index is 0.00727. The molecule has 4 fully saturated rings. The van der Waals surface area contributed by atoms with Crippen molar-refractivity contribution in [3.63, 3.8) is 0 Å². The number of halogens is 3. The number of nitrogens with one attached hydrogen (secondary N) is 1. The van der Waals surface area contributed by atoms with E-state index >= 15 is 4.39 Å². The highest BCUT2D eigenvalue weighted by Crippen LogP contribution is 2.42. The largest absolute Gasteiger partial charge is 0.508 e. The third-order valence-electron chi connectivity index (χ3n) is 10.7. The Morgan fingerprint density at radius 3 is 2.89 bits per heavy atom. The Labute approximate surface area is 265 Å². The van der Waals surface area contributed by atoms with Crippen molar-refractivity contribution in [1.82, 2.24) is 25.2 Å². The van der Waals surface area contributed by atoms with Gasteiger partial charge in [-0.05, 0) is 62.2 Å². The topological polar surface area (TPSA) is 86.6 Å². The number of anilines is 1. The van der Waals surface area contributed by atoms with Crippen LogP contribution in [0.25, 0.3) is 32.9 Å². The lowest BCUT2D eigenvalue weighted by Gasteiger charge is -2.42. The molecule has 11 heteroatoms. The fourth-order valence-corrected chi connectivity index (χ4v) is 8.45. The predicted octanol–water partition coefficient (Wildman–Crippen LogP) is 5.49. The summed E-state index contributed by atoms with van der Waals surface area (Å²) in [4.78, 5) is 18.3. The first-order chi connectivity index (χ1) is 22.2. The van der Waals surface area contributed by atoms with Gasteiger partial charge in [0.1, 0.15) is 41.4 Å². The van der Waals surface area contributed by atoms with Crippen molar-refractivity contribution < 1.29 is 23.0 Å². The van der Waals surface area contributed by atoms with Gasteiger partial charge in [0.05, 0.1) is 16.5 Å². The molecule has 4 aliphatic rings. The monoisotopic (exact) mass is 628 g/mol. The van der Waals surface area contributed by atoms with Gasteiger partial charge in [-0.15, -0.1) is 6.42 Å². The molecule has 2 aromatic carbocycles. The first-order valence-electron chi connectivity index (χ1n) is 16.0. The van der Waals surface area contributed by atoms with Crippen molar-refractivity contribution in [3.05, 3.63) is 47.7 Å². The maximum absolute atomic E-state index is 16.9. The lowest BCUT2D eigenvalue weighted by atomic mass is 9.93. The molecular weight excluding hydrogens is 593 g/mol. The van der Waals surface area contributed by atoms with E-state index in [9.17, 15) is 13.9 Å². The second kappa shape index (κ2) is 10.7. The van der Waals surface area contributed by atoms with Crippen LogP contribution in [0.1, 0.15) is 51.0 Å². The fraction of sp³-hybridized carbons (Fsp3) is 0.457. The van der Waals surface area contributed by atoms with E-state index in [0.29, 0.717) is 42.6 Å². The molecule has 8 rings (SSSR count). The molecule has 0 aliphatic carbocycles. The quantitative estimate of drug-likeness (QED) is 0.272. The summed E-state index contributed by atoms with van der Waals surface area (Å²) in [6.07, 6.45) is 11.5. The number of hydrogen-bond donors (Lipinski definition) is 2. The van der Waals surface area contributed by atoms with Crippen molar-refractivity contribution in [2.75, 3.05) is 37.7 Å². The lowest BCUT2D eigenvalue weighted by molar-refractivity contribution is 0.107. The van der Waals surface area contributed by atoms with Crippen LogP contribution < -0.4 is 15.0 Å². The Kier molecular flexibility index (Phi) is 6.82. The van der Waals surface area contributed by atoms with Gasteiger partial charge in [-0.1, -0.05) is 18.9 Å². The minimum atomic E-state index is -0.917. The van der Waals surface area contributed by atoms with Crippen LogP contribution in [0.2, 0.25) is 0 Å². The summed E-state index contributed by atoms with van der Waals surface area (Å²) in [5.74, 6) is 1.36. The molecule has 6 heterocycles. The molecule has 2 N–H and O–H groups in total. The standard InChI is InChI=1S/C35H35F3N6O2/c1-3-24-27(37)7-6-20-12-23(45)13-25(28(20)24)30-29(38)31-26(15-39-30)32(43-17-22-8-10-34(4-2,18-43)42-22)41-33(40-31)46-19-35-9-5-11-44(35)16-21(36)14-35/h1,6-7,12-13,15,21-22,42,45H,4-5,8-11,14,16-19H2,2H3/t21-,22?,34?,35+/m1/s1. The van der Waals surface area contributed by atoms with Crippen LogP contribution in [0.15, 0.2) is 30.5 Å². The van der Waals surface area contributed by atoms with Crippen molar-refractivity contribution in [3.8, 4) is 35.4 Å². The van der Waals surface area contributed by atoms with Crippen LogP contribution in [0.3, 0.4) is 0 Å². The van der Waals surface area contributed by atoms with E-state index in [1.165, 1.54) is 30.5 Å². The first-order valence-corrected chi connectivity index (χ1v) is 16.0. The third kappa shape index (κ3) is 4.56. The van der Waals surface area contributed by atoms with Gasteiger partial charge in [0.15, 0.2) is 5.82 Å². The van der Waals surface area contributed by atoms with E-state index in [-0.39, 0.29) is 57.7 Å². The fourth-order valence-electron chi connectivity index (χ4n) is 8.45. The number of alkyl halides is 1. The zero-order chi connectivity index (χ0) is 31.8. The average molecular weight is 629 g/mol. The van der Waals surface area contributed by atoms with Crippen LogP contribution in [0, 0.1) is 24.0 Å². The summed E-state index contributed by atoms with van der Waals surface area (Å²) in [6, 6.07) is 5.76. The van der Waals surface area contributed by atoms with Crippen LogP contribution in [-0.2, 0) is 0 Å². The maximum Gasteiger partial charge on any atom is 0.319 e. The molecule has 2 bridgehead atoms. The summed E-state index contributed by atoms with van der Waals surface area (Å²) in [6.45, 7) is 4.92. The van der Waals surface area contributed by atoms with Crippen molar-refractivity contribution in [2.24, 2.45) is 0 Å². The van der Waals surface area contributed by atoms with Crippen molar-refractivity contribution in [2.45, 2.75) is 68.7 Å². The molecule has 0 spiro atoms. The number of aromatic hydroxyl groups is 1. The van der Waals surface area contributed by atoms with Crippen LogP contribution >= 0.6 is 0 Å². The van der Waals surface area contributed by atoms with E-state index in [2.05, 4.69) is 37.9 Å². The molecule has 0 radical (unpaired) electrons. The molecule has 2 aromatic heterocycles. The highest BCUT2D eigenvalue weighted by atomic mass is 19.1. The molecule has 4 aliphatic heterocycles. The van der Waals surface area contributed by atoms with Gasteiger partial charge in [0.25, 0.3) is 0 Å². The van der Waals surface area contributed by atoms with Gasteiger partial charge in [0.2, 0.25) is 0 Å². The Morgan fingerprint density at radius 1 is 1.20 bits per heavy atom. The van der Waals surface area contributed by atoms with Gasteiger partial charge in [-0.3, -0.25) is 9.88 Å². The number of phenols is 1. The Bertz CT molecular complexity index is 1930. The Balaban J connectivity index is 1.28. The van der Waals surface area contributed by atoms with Crippen LogP contribution in [-0.4, -0.2) is 81.0 Å². The number of phenolic OH excluding ortho intramolecular Hbond substituents is 1. The molecule has 4 atom stereocenters. The van der Waals surface area contributed by atoms with Gasteiger partial charge in [0, 0.05) is 54.8 Å². The minimum Gasteiger partial charge on any atom is -0.508 e. The summed E-state index contributed by atoms with van der Waals surface area (Å²) >= 11 is 0. The molecule has 2 unspecified atom stereocenters. The highest BCUT2D eigenvalue weighted by Gasteiger charge is 2.49. The zero-order valence-electron chi connectivity index (χ0n) is 25.6. The predicted molar refractivity (Wildman–Crippen MR) is 170 cm³/mol. The number of pyridine rings is 1. The van der Waals surface area contributed by atoms with Crippen molar-refractivity contribution in [1.29, 1.82) is 0 Å². The SMILES string of the molecule is C#Cc1c(F)ccc2cc(O)cc(-c3ncc4c(N5CC6CCC(CC)(C5)N6)nc(OC[C@@]56CCCN5C[C@H](F)C6)nc4c3F)c12. The number of terminal acetylenes is 1. The van der Waals surface area contributed by atoms with Gasteiger partial charge in [-0.25, -0.2) is 13.2 Å². The number of aromatic nitrogens is 3. The lowest BCUT2D eigenvalue weighted by Crippen LogP contribution is -2.59. The van der Waals surface area contributed by atoms with E-state index in [0.717, 1.165) is 38.6 Å². The molecule has 0 saturated carbocycles. The third-order valence-corrected chi connectivity index (χ3v) is 10.7. The number of hydrogen-bond acceptors (Lipinski definition) is 8. The number of fused-ring (bicyclic) bond motifs is 5. The molecule has 46 heavy (non-hydrogen) atoms. The number of nitrogens with zero attached hydrogens (tertiary/aromatic N) is 5. The zero-order valence-corrected chi connectivity index (χ0v) is 25.6. The number of benzene rings is 2. The molecule has 238 valence electrons. The average Bonchev–Trinajstić information content (AvgIpc) is 3.68. The number of rotatable bonds is 6. The second-order valence-corrected chi connectivity index (χ2v) is 13.4. The van der Waals surface area contributed by atoms with Crippen molar-refractivity contribution >= 4 is 27.5 Å². The normalized spacial score (nSPS) is 27.4. The molecule has 4 saturated heterocycles. The first kappa shape index (κ1) is 29.3. The van der Waals surface area contributed by atoms with Crippen LogP contribution in [0.4, 0.5) is 19.0 Å². The van der Waals surface area contributed by atoms with Gasteiger partial charge in [-0.2, -0.15) is 9.97 Å². The highest BCUT2D eigenvalue weighted by molar-refractivity contribution is 6.03. The number of ether oxygens (including phenoxy) is 1. The molecular formula is C35H35F3N6O2. The Hall–Kier alpha value is -4.14. The number of piperazine rings is 1. The molecule has 4 aromatic rings.